The van der Waals surface area contributed by atoms with Crippen LogP contribution in [0.25, 0.3) is 6.08 Å². The van der Waals surface area contributed by atoms with Gasteiger partial charge in [0, 0.05) is 44.4 Å². The Balaban J connectivity index is 1.44. The highest BCUT2D eigenvalue weighted by Crippen LogP contribution is 2.25. The van der Waals surface area contributed by atoms with Gasteiger partial charge in [-0.3, -0.25) is 4.79 Å². The van der Waals surface area contributed by atoms with Crippen molar-refractivity contribution >= 4 is 23.7 Å². The minimum absolute atomic E-state index is 0.119. The van der Waals surface area contributed by atoms with E-state index in [1.807, 2.05) is 72.5 Å². The largest absolute Gasteiger partial charge is 0.339 e. The van der Waals surface area contributed by atoms with Gasteiger partial charge in [-0.05, 0) is 30.4 Å². The molecule has 24 heavy (non-hydrogen) atoms. The van der Waals surface area contributed by atoms with Gasteiger partial charge in [0.2, 0.25) is 5.91 Å². The van der Waals surface area contributed by atoms with E-state index in [1.165, 1.54) is 0 Å². The SMILES string of the molecule is Cn1ccnc1SCC1CCN(C(=O)C=Cc2ccccc2)CC1. The fourth-order valence-corrected chi connectivity index (χ4v) is 3.96. The van der Waals surface area contributed by atoms with Crippen LogP contribution in [0.4, 0.5) is 0 Å². The fraction of sp³-hybridized carbons (Fsp3) is 0.368. The number of carbonyl (C=O) groups is 1. The van der Waals surface area contributed by atoms with Crippen molar-refractivity contribution in [2.45, 2.75) is 18.0 Å². The van der Waals surface area contributed by atoms with Crippen LogP contribution in [0.3, 0.4) is 0 Å². The summed E-state index contributed by atoms with van der Waals surface area (Å²) < 4.78 is 2.05. The molecule has 1 aromatic carbocycles. The summed E-state index contributed by atoms with van der Waals surface area (Å²) >= 11 is 1.81. The molecule has 0 N–H and O–H groups in total. The Bertz CT molecular complexity index is 688. The molecule has 4 nitrogen and oxygen atoms in total. The van der Waals surface area contributed by atoms with Crippen LogP contribution in [0.2, 0.25) is 0 Å². The van der Waals surface area contributed by atoms with Crippen molar-refractivity contribution in [1.82, 2.24) is 14.5 Å². The monoisotopic (exact) mass is 341 g/mol. The van der Waals surface area contributed by atoms with Gasteiger partial charge < -0.3 is 9.47 Å². The van der Waals surface area contributed by atoms with Gasteiger partial charge in [0.05, 0.1) is 0 Å². The predicted octanol–water partition coefficient (Wildman–Crippen LogP) is 3.46. The molecule has 3 rings (SSSR count). The van der Waals surface area contributed by atoms with Crippen LogP contribution in [0.15, 0.2) is 54.0 Å². The van der Waals surface area contributed by atoms with Gasteiger partial charge in [-0.25, -0.2) is 4.98 Å². The Morgan fingerprint density at radius 3 is 2.71 bits per heavy atom. The molecule has 1 aromatic heterocycles. The summed E-state index contributed by atoms with van der Waals surface area (Å²) in [5, 5.41) is 1.07. The fourth-order valence-electron chi connectivity index (χ4n) is 2.84. The number of benzene rings is 1. The molecule has 1 aliphatic rings. The smallest absolute Gasteiger partial charge is 0.246 e. The van der Waals surface area contributed by atoms with E-state index in [0.29, 0.717) is 5.92 Å². The number of imidazole rings is 1. The number of nitrogens with zero attached hydrogens (tertiary/aromatic N) is 3. The maximum absolute atomic E-state index is 12.3. The lowest BCUT2D eigenvalue weighted by atomic mass is 9.99. The highest BCUT2D eigenvalue weighted by atomic mass is 32.2. The van der Waals surface area contributed by atoms with Crippen LogP contribution < -0.4 is 0 Å². The summed E-state index contributed by atoms with van der Waals surface area (Å²) in [6.45, 7) is 1.70. The number of rotatable bonds is 5. The first kappa shape index (κ1) is 16.8. The van der Waals surface area contributed by atoms with E-state index in [0.717, 1.165) is 42.4 Å². The van der Waals surface area contributed by atoms with Crippen molar-refractivity contribution in [2.24, 2.45) is 13.0 Å². The molecule has 0 unspecified atom stereocenters. The highest BCUT2D eigenvalue weighted by Gasteiger charge is 2.22. The quantitative estimate of drug-likeness (QED) is 0.617. The number of amides is 1. The zero-order valence-electron chi connectivity index (χ0n) is 14.0. The Kier molecular flexibility index (Phi) is 5.75. The van der Waals surface area contributed by atoms with Crippen molar-refractivity contribution in [2.75, 3.05) is 18.8 Å². The normalized spacial score (nSPS) is 16.0. The predicted molar refractivity (Wildman–Crippen MR) is 98.7 cm³/mol. The molecule has 0 bridgehead atoms. The van der Waals surface area contributed by atoms with Crippen molar-refractivity contribution in [3.8, 4) is 0 Å². The van der Waals surface area contributed by atoms with E-state index in [4.69, 9.17) is 0 Å². The van der Waals surface area contributed by atoms with Crippen LogP contribution >= 0.6 is 11.8 Å². The van der Waals surface area contributed by atoms with Crippen molar-refractivity contribution < 1.29 is 4.79 Å². The first-order chi connectivity index (χ1) is 11.7. The van der Waals surface area contributed by atoms with E-state index >= 15 is 0 Å². The second-order valence-electron chi connectivity index (χ2n) is 6.14. The third-order valence-electron chi connectivity index (χ3n) is 4.37. The second kappa shape index (κ2) is 8.20. The van der Waals surface area contributed by atoms with E-state index in [9.17, 15) is 4.79 Å². The number of piperidine rings is 1. The Morgan fingerprint density at radius 2 is 2.04 bits per heavy atom. The summed E-state index contributed by atoms with van der Waals surface area (Å²) in [5.41, 5.74) is 1.06. The summed E-state index contributed by atoms with van der Waals surface area (Å²) in [4.78, 5) is 18.6. The zero-order valence-corrected chi connectivity index (χ0v) is 14.8. The third kappa shape index (κ3) is 4.51. The van der Waals surface area contributed by atoms with Crippen molar-refractivity contribution in [3.05, 3.63) is 54.4 Å². The number of aromatic nitrogens is 2. The molecule has 0 aliphatic carbocycles. The summed E-state index contributed by atoms with van der Waals surface area (Å²) in [6, 6.07) is 9.95. The lowest BCUT2D eigenvalue weighted by Gasteiger charge is -2.31. The van der Waals surface area contributed by atoms with Crippen LogP contribution in [0.5, 0.6) is 0 Å². The molecule has 2 aromatic rings. The van der Waals surface area contributed by atoms with Crippen molar-refractivity contribution in [3.63, 3.8) is 0 Å². The molecule has 126 valence electrons. The van der Waals surface area contributed by atoms with Gasteiger partial charge in [0.25, 0.3) is 0 Å². The Labute approximate surface area is 147 Å². The lowest BCUT2D eigenvalue weighted by molar-refractivity contribution is -0.127. The first-order valence-electron chi connectivity index (χ1n) is 8.34. The maximum atomic E-state index is 12.3. The molecule has 1 saturated heterocycles. The summed E-state index contributed by atoms with van der Waals surface area (Å²) in [6.07, 6.45) is 9.54. The molecular weight excluding hydrogens is 318 g/mol. The standard InChI is InChI=1S/C19H23N3OS/c1-21-14-11-20-19(21)24-15-17-9-12-22(13-10-17)18(23)8-7-16-5-3-2-4-6-16/h2-8,11,14,17H,9-10,12-13,15H2,1H3. The van der Waals surface area contributed by atoms with Crippen LogP contribution in [-0.4, -0.2) is 39.2 Å². The Hall–Kier alpha value is -2.01. The van der Waals surface area contributed by atoms with Gasteiger partial charge >= 0.3 is 0 Å². The third-order valence-corrected chi connectivity index (χ3v) is 5.66. The molecule has 5 heteroatoms. The zero-order chi connectivity index (χ0) is 16.8. The minimum Gasteiger partial charge on any atom is -0.339 e. The van der Waals surface area contributed by atoms with Gasteiger partial charge in [0.15, 0.2) is 5.16 Å². The molecule has 0 radical (unpaired) electrons. The van der Waals surface area contributed by atoms with Crippen LogP contribution in [-0.2, 0) is 11.8 Å². The molecule has 0 atom stereocenters. The van der Waals surface area contributed by atoms with Crippen molar-refractivity contribution in [1.29, 1.82) is 0 Å². The topological polar surface area (TPSA) is 38.1 Å². The summed E-state index contributed by atoms with van der Waals surface area (Å²) in [5.74, 6) is 1.86. The molecule has 2 heterocycles. The molecule has 1 aliphatic heterocycles. The van der Waals surface area contributed by atoms with E-state index in [-0.39, 0.29) is 5.91 Å². The summed E-state index contributed by atoms with van der Waals surface area (Å²) in [7, 11) is 2.02. The number of thioether (sulfide) groups is 1. The van der Waals surface area contributed by atoms with Gasteiger partial charge in [-0.15, -0.1) is 0 Å². The van der Waals surface area contributed by atoms with Crippen LogP contribution in [0, 0.1) is 5.92 Å². The second-order valence-corrected chi connectivity index (χ2v) is 7.13. The highest BCUT2D eigenvalue weighted by molar-refractivity contribution is 7.99. The number of hydrogen-bond acceptors (Lipinski definition) is 3. The minimum atomic E-state index is 0.119. The lowest BCUT2D eigenvalue weighted by Crippen LogP contribution is -2.38. The first-order valence-corrected chi connectivity index (χ1v) is 9.33. The van der Waals surface area contributed by atoms with Crippen LogP contribution in [0.1, 0.15) is 18.4 Å². The molecule has 1 amide bonds. The average molecular weight is 341 g/mol. The number of likely N-dealkylation sites (tertiary alicyclic amines) is 1. The van der Waals surface area contributed by atoms with E-state index in [2.05, 4.69) is 9.55 Å². The molecular formula is C19H23N3OS. The maximum Gasteiger partial charge on any atom is 0.246 e. The molecule has 0 spiro atoms. The number of hydrogen-bond donors (Lipinski definition) is 0. The number of aryl methyl sites for hydroxylation is 1. The molecule has 0 saturated carbocycles. The van der Waals surface area contributed by atoms with E-state index in [1.54, 1.807) is 6.08 Å². The van der Waals surface area contributed by atoms with Gasteiger partial charge in [0.1, 0.15) is 0 Å². The van der Waals surface area contributed by atoms with E-state index < -0.39 is 0 Å². The van der Waals surface area contributed by atoms with Gasteiger partial charge in [-0.2, -0.15) is 0 Å². The van der Waals surface area contributed by atoms with Gasteiger partial charge in [-0.1, -0.05) is 42.1 Å². The Morgan fingerprint density at radius 1 is 1.29 bits per heavy atom. The average Bonchev–Trinajstić information content (AvgIpc) is 3.04. The number of carbonyl (C=O) groups excluding carboxylic acids is 1. The molecule has 1 fully saturated rings.